The minimum absolute atomic E-state index is 0.0725. The molecule has 3 nitrogen and oxygen atoms in total. The van der Waals surface area contributed by atoms with E-state index >= 15 is 0 Å². The summed E-state index contributed by atoms with van der Waals surface area (Å²) in [5.41, 5.74) is 1.96. The van der Waals surface area contributed by atoms with Crippen molar-refractivity contribution in [2.75, 3.05) is 13.1 Å². The fraction of sp³-hybridized carbons (Fsp3) is 0.467. The van der Waals surface area contributed by atoms with Crippen molar-refractivity contribution in [3.63, 3.8) is 0 Å². The number of aryl methyl sites for hydroxylation is 1. The summed E-state index contributed by atoms with van der Waals surface area (Å²) in [6, 6.07) is 7.74. The van der Waals surface area contributed by atoms with Crippen LogP contribution in [0.5, 0.6) is 0 Å². The van der Waals surface area contributed by atoms with Crippen molar-refractivity contribution in [1.29, 1.82) is 0 Å². The quantitative estimate of drug-likeness (QED) is 0.750. The summed E-state index contributed by atoms with van der Waals surface area (Å²) in [5.74, 6) is 0.401. The Bertz CT molecular complexity index is 442. The summed E-state index contributed by atoms with van der Waals surface area (Å²) in [7, 11) is 0. The third-order valence-corrected chi connectivity index (χ3v) is 3.65. The molecule has 18 heavy (non-hydrogen) atoms. The van der Waals surface area contributed by atoms with Crippen LogP contribution in [0.2, 0.25) is 0 Å². The second-order valence-corrected chi connectivity index (χ2v) is 5.01. The summed E-state index contributed by atoms with van der Waals surface area (Å²) in [5, 5.41) is 0. The molecule has 0 atom stereocenters. The highest BCUT2D eigenvalue weighted by atomic mass is 16.2. The highest BCUT2D eigenvalue weighted by Crippen LogP contribution is 2.22. The third kappa shape index (κ3) is 2.78. The molecule has 0 aliphatic carbocycles. The largest absolute Gasteiger partial charge is 0.343 e. The zero-order valence-corrected chi connectivity index (χ0v) is 11.0. The van der Waals surface area contributed by atoms with E-state index in [-0.39, 0.29) is 17.6 Å². The zero-order chi connectivity index (χ0) is 13.1. The molecule has 0 radical (unpaired) electrons. The van der Waals surface area contributed by atoms with Crippen LogP contribution in [0.25, 0.3) is 0 Å². The van der Waals surface area contributed by atoms with Gasteiger partial charge in [-0.05, 0) is 19.8 Å². The van der Waals surface area contributed by atoms with Gasteiger partial charge in [0.05, 0.1) is 0 Å². The number of piperidine rings is 1. The van der Waals surface area contributed by atoms with Crippen molar-refractivity contribution in [2.24, 2.45) is 5.92 Å². The molecule has 1 aliphatic rings. The predicted molar refractivity (Wildman–Crippen MR) is 70.5 cm³/mol. The lowest BCUT2D eigenvalue weighted by Gasteiger charge is -2.30. The second kappa shape index (κ2) is 5.34. The number of amides is 1. The van der Waals surface area contributed by atoms with Gasteiger partial charge in [-0.3, -0.25) is 9.59 Å². The van der Waals surface area contributed by atoms with Gasteiger partial charge in [-0.2, -0.15) is 0 Å². The van der Waals surface area contributed by atoms with Gasteiger partial charge >= 0.3 is 0 Å². The Balaban J connectivity index is 1.99. The average Bonchev–Trinajstić information content (AvgIpc) is 2.39. The summed E-state index contributed by atoms with van der Waals surface area (Å²) < 4.78 is 0. The maximum atomic E-state index is 12.3. The van der Waals surface area contributed by atoms with E-state index in [1.165, 1.54) is 0 Å². The molecule has 3 heteroatoms. The molecular weight excluding hydrogens is 226 g/mol. The number of rotatable bonds is 2. The molecule has 0 saturated carbocycles. The van der Waals surface area contributed by atoms with Gasteiger partial charge in [0.25, 0.3) is 0 Å². The monoisotopic (exact) mass is 245 g/mol. The molecule has 1 amide bonds. The lowest BCUT2D eigenvalue weighted by molar-refractivity contribution is -0.130. The Morgan fingerprint density at radius 2 is 1.67 bits per heavy atom. The SMILES string of the molecule is CC(=O)N1CCC(C(=O)c2ccc(C)cc2)CC1. The Morgan fingerprint density at radius 1 is 1.11 bits per heavy atom. The normalized spacial score (nSPS) is 16.7. The van der Waals surface area contributed by atoms with Gasteiger partial charge in [0.15, 0.2) is 5.78 Å². The van der Waals surface area contributed by atoms with Gasteiger partial charge in [0.1, 0.15) is 0 Å². The van der Waals surface area contributed by atoms with Gasteiger partial charge in [-0.1, -0.05) is 29.8 Å². The van der Waals surface area contributed by atoms with E-state index < -0.39 is 0 Å². The van der Waals surface area contributed by atoms with E-state index in [2.05, 4.69) is 0 Å². The number of Topliss-reactive ketones (excluding diaryl/α,β-unsaturated/α-hetero) is 1. The van der Waals surface area contributed by atoms with Crippen LogP contribution in [0.1, 0.15) is 35.7 Å². The number of benzene rings is 1. The third-order valence-electron chi connectivity index (χ3n) is 3.65. The van der Waals surface area contributed by atoms with Crippen LogP contribution >= 0.6 is 0 Å². The summed E-state index contributed by atoms with van der Waals surface area (Å²) in [6.07, 6.45) is 1.57. The Labute approximate surface area is 108 Å². The first-order chi connectivity index (χ1) is 8.58. The van der Waals surface area contributed by atoms with Gasteiger partial charge in [-0.15, -0.1) is 0 Å². The van der Waals surface area contributed by atoms with Gasteiger partial charge in [0, 0.05) is 31.5 Å². The van der Waals surface area contributed by atoms with Crippen molar-refractivity contribution in [3.8, 4) is 0 Å². The summed E-state index contributed by atoms with van der Waals surface area (Å²) in [6.45, 7) is 5.01. The highest BCUT2D eigenvalue weighted by Gasteiger charge is 2.26. The smallest absolute Gasteiger partial charge is 0.219 e. The van der Waals surface area contributed by atoms with E-state index in [0.29, 0.717) is 13.1 Å². The van der Waals surface area contributed by atoms with Crippen LogP contribution in [-0.4, -0.2) is 29.7 Å². The fourth-order valence-electron chi connectivity index (χ4n) is 2.41. The predicted octanol–water partition coefficient (Wildman–Crippen LogP) is 2.44. The van der Waals surface area contributed by atoms with Gasteiger partial charge in [0.2, 0.25) is 5.91 Å². The number of carbonyl (C=O) groups excluding carboxylic acids is 2. The second-order valence-electron chi connectivity index (χ2n) is 5.01. The molecule has 0 aromatic heterocycles. The van der Waals surface area contributed by atoms with E-state index in [0.717, 1.165) is 24.0 Å². The maximum Gasteiger partial charge on any atom is 0.219 e. The van der Waals surface area contributed by atoms with Crippen LogP contribution < -0.4 is 0 Å². The molecular formula is C15H19NO2. The van der Waals surface area contributed by atoms with Crippen molar-refractivity contribution in [2.45, 2.75) is 26.7 Å². The molecule has 0 N–H and O–H groups in total. The first-order valence-corrected chi connectivity index (χ1v) is 6.44. The Morgan fingerprint density at radius 3 is 2.17 bits per heavy atom. The molecule has 0 unspecified atom stereocenters. The van der Waals surface area contributed by atoms with Crippen molar-refractivity contribution in [1.82, 2.24) is 4.90 Å². The number of nitrogens with zero attached hydrogens (tertiary/aromatic N) is 1. The molecule has 1 saturated heterocycles. The van der Waals surface area contributed by atoms with Gasteiger partial charge < -0.3 is 4.90 Å². The van der Waals surface area contributed by atoms with E-state index in [1.54, 1.807) is 6.92 Å². The molecule has 2 rings (SSSR count). The van der Waals surface area contributed by atoms with Crippen molar-refractivity contribution >= 4 is 11.7 Å². The number of likely N-dealkylation sites (tertiary alicyclic amines) is 1. The zero-order valence-electron chi connectivity index (χ0n) is 11.0. The highest BCUT2D eigenvalue weighted by molar-refractivity contribution is 5.98. The fourth-order valence-corrected chi connectivity index (χ4v) is 2.41. The number of carbonyl (C=O) groups is 2. The molecule has 1 aromatic carbocycles. The minimum Gasteiger partial charge on any atom is -0.343 e. The number of ketones is 1. The molecule has 0 bridgehead atoms. The van der Waals surface area contributed by atoms with E-state index in [4.69, 9.17) is 0 Å². The maximum absolute atomic E-state index is 12.3. The summed E-state index contributed by atoms with van der Waals surface area (Å²) >= 11 is 0. The lowest BCUT2D eigenvalue weighted by Crippen LogP contribution is -2.39. The van der Waals surface area contributed by atoms with Crippen LogP contribution in [-0.2, 0) is 4.79 Å². The minimum atomic E-state index is 0.0725. The standard InChI is InChI=1S/C15H19NO2/c1-11-3-5-13(6-4-11)15(18)14-7-9-16(10-8-14)12(2)17/h3-6,14H,7-10H2,1-2H3. The number of hydrogen-bond donors (Lipinski definition) is 0. The molecule has 1 aliphatic heterocycles. The van der Waals surface area contributed by atoms with Crippen molar-refractivity contribution in [3.05, 3.63) is 35.4 Å². The molecule has 0 spiro atoms. The molecule has 1 heterocycles. The van der Waals surface area contributed by atoms with Crippen LogP contribution in [0.4, 0.5) is 0 Å². The van der Waals surface area contributed by atoms with Crippen LogP contribution in [0, 0.1) is 12.8 Å². The topological polar surface area (TPSA) is 37.4 Å². The molecule has 1 fully saturated rings. The lowest BCUT2D eigenvalue weighted by atomic mass is 9.88. The van der Waals surface area contributed by atoms with Crippen LogP contribution in [0.15, 0.2) is 24.3 Å². The van der Waals surface area contributed by atoms with Crippen molar-refractivity contribution < 1.29 is 9.59 Å². The van der Waals surface area contributed by atoms with Gasteiger partial charge in [-0.25, -0.2) is 0 Å². The Kier molecular flexibility index (Phi) is 3.80. The summed E-state index contributed by atoms with van der Waals surface area (Å²) in [4.78, 5) is 25.3. The van der Waals surface area contributed by atoms with E-state index in [1.807, 2.05) is 36.1 Å². The number of hydrogen-bond acceptors (Lipinski definition) is 2. The molecule has 1 aromatic rings. The average molecular weight is 245 g/mol. The first-order valence-electron chi connectivity index (χ1n) is 6.44. The van der Waals surface area contributed by atoms with Crippen LogP contribution in [0.3, 0.4) is 0 Å². The molecule has 96 valence electrons. The first kappa shape index (κ1) is 12.8. The Hall–Kier alpha value is -1.64. The van der Waals surface area contributed by atoms with E-state index in [9.17, 15) is 9.59 Å².